The van der Waals surface area contributed by atoms with Crippen molar-refractivity contribution < 1.29 is 4.74 Å². The highest BCUT2D eigenvalue weighted by atomic mass is 35.5. The topological polar surface area (TPSA) is 47.9 Å². The number of fused-ring (bicyclic) bond motifs is 5. The van der Waals surface area contributed by atoms with Gasteiger partial charge in [-0.2, -0.15) is 0 Å². The number of nitrogens with zero attached hydrogens (tertiary/aromatic N) is 3. The van der Waals surface area contributed by atoms with Gasteiger partial charge in [0, 0.05) is 17.4 Å². The monoisotopic (exact) mass is 347 g/mol. The molecular formula is C17H18ClN3OS. The molecular weight excluding hydrogens is 330 g/mol. The fraction of sp³-hybridized carbons (Fsp3) is 0.471. The Bertz CT molecular complexity index is 933. The van der Waals surface area contributed by atoms with E-state index in [0.29, 0.717) is 17.7 Å². The average Bonchev–Trinajstić information content (AvgIpc) is 2.85. The summed E-state index contributed by atoms with van der Waals surface area (Å²) in [6, 6.07) is 0. The van der Waals surface area contributed by atoms with E-state index in [9.17, 15) is 0 Å². The van der Waals surface area contributed by atoms with Crippen molar-refractivity contribution in [2.45, 2.75) is 52.2 Å². The Hall–Kier alpha value is -1.30. The quantitative estimate of drug-likeness (QED) is 0.589. The van der Waals surface area contributed by atoms with Gasteiger partial charge in [-0.3, -0.25) is 0 Å². The smallest absolute Gasteiger partial charge is 0.150 e. The standard InChI is InChI=1S/C17H18ClN3OS/c1-8(2)12-10-6-22-17(3,4)5-9(10)11-13-14(23-16(11)21-12)15(18)20-7-19-13/h7-8H,5-6H2,1-4H3. The molecule has 0 aromatic carbocycles. The van der Waals surface area contributed by atoms with Crippen LogP contribution in [0.3, 0.4) is 0 Å². The average molecular weight is 348 g/mol. The molecule has 1 aliphatic heterocycles. The first-order valence-electron chi connectivity index (χ1n) is 7.75. The van der Waals surface area contributed by atoms with E-state index in [2.05, 4.69) is 37.7 Å². The Morgan fingerprint density at radius 2 is 2.04 bits per heavy atom. The molecule has 4 rings (SSSR count). The van der Waals surface area contributed by atoms with Gasteiger partial charge in [0.05, 0.1) is 28.1 Å². The summed E-state index contributed by atoms with van der Waals surface area (Å²) in [5, 5.41) is 1.63. The maximum Gasteiger partial charge on any atom is 0.150 e. The van der Waals surface area contributed by atoms with Crippen molar-refractivity contribution in [2.75, 3.05) is 0 Å². The molecule has 0 aliphatic carbocycles. The van der Waals surface area contributed by atoms with Crippen LogP contribution in [0.1, 0.15) is 50.4 Å². The van der Waals surface area contributed by atoms with Crippen LogP contribution in [0.5, 0.6) is 0 Å². The predicted octanol–water partition coefficient (Wildman–Crippen LogP) is 4.87. The van der Waals surface area contributed by atoms with Crippen LogP contribution in [0.4, 0.5) is 0 Å². The predicted molar refractivity (Wildman–Crippen MR) is 94.4 cm³/mol. The molecule has 4 nitrogen and oxygen atoms in total. The molecule has 0 saturated heterocycles. The summed E-state index contributed by atoms with van der Waals surface area (Å²) in [4.78, 5) is 14.5. The summed E-state index contributed by atoms with van der Waals surface area (Å²) in [6.45, 7) is 9.22. The van der Waals surface area contributed by atoms with Crippen molar-refractivity contribution in [3.8, 4) is 0 Å². The molecule has 0 bridgehead atoms. The zero-order valence-corrected chi connectivity index (χ0v) is 15.2. The Labute approximate surface area is 143 Å². The fourth-order valence-corrected chi connectivity index (χ4v) is 4.58. The summed E-state index contributed by atoms with van der Waals surface area (Å²) < 4.78 is 6.97. The first-order chi connectivity index (χ1) is 10.9. The molecule has 0 N–H and O–H groups in total. The Morgan fingerprint density at radius 1 is 1.26 bits per heavy atom. The van der Waals surface area contributed by atoms with Crippen molar-refractivity contribution in [2.24, 2.45) is 0 Å². The second-order valence-electron chi connectivity index (χ2n) is 6.96. The molecule has 0 fully saturated rings. The number of halogens is 1. The molecule has 0 saturated carbocycles. The highest BCUT2D eigenvalue weighted by molar-refractivity contribution is 7.26. The van der Waals surface area contributed by atoms with Crippen molar-refractivity contribution in [3.05, 3.63) is 28.3 Å². The number of hydrogen-bond acceptors (Lipinski definition) is 5. The van der Waals surface area contributed by atoms with E-state index in [1.54, 1.807) is 11.3 Å². The van der Waals surface area contributed by atoms with Crippen LogP contribution in [0, 0.1) is 0 Å². The molecule has 120 valence electrons. The van der Waals surface area contributed by atoms with Gasteiger partial charge >= 0.3 is 0 Å². The minimum atomic E-state index is -0.180. The summed E-state index contributed by atoms with van der Waals surface area (Å²) in [6.07, 6.45) is 2.39. The van der Waals surface area contributed by atoms with Gasteiger partial charge < -0.3 is 4.74 Å². The van der Waals surface area contributed by atoms with E-state index in [1.807, 2.05) is 0 Å². The largest absolute Gasteiger partial charge is 0.370 e. The summed E-state index contributed by atoms with van der Waals surface area (Å²) in [5.41, 5.74) is 4.40. The second kappa shape index (κ2) is 5.10. The van der Waals surface area contributed by atoms with Crippen LogP contribution in [-0.2, 0) is 17.8 Å². The van der Waals surface area contributed by atoms with E-state index in [-0.39, 0.29) is 5.60 Å². The number of pyridine rings is 1. The van der Waals surface area contributed by atoms with E-state index >= 15 is 0 Å². The summed E-state index contributed by atoms with van der Waals surface area (Å²) in [5.74, 6) is 0.352. The van der Waals surface area contributed by atoms with Gasteiger partial charge in [0.2, 0.25) is 0 Å². The van der Waals surface area contributed by atoms with Gasteiger partial charge in [-0.05, 0) is 25.3 Å². The number of rotatable bonds is 1. The second-order valence-corrected chi connectivity index (χ2v) is 8.32. The van der Waals surface area contributed by atoms with Crippen LogP contribution in [0.25, 0.3) is 20.4 Å². The molecule has 0 atom stereocenters. The van der Waals surface area contributed by atoms with Gasteiger partial charge in [-0.25, -0.2) is 15.0 Å². The third kappa shape index (κ3) is 2.33. The fourth-order valence-electron chi connectivity index (χ4n) is 3.28. The third-order valence-corrected chi connectivity index (χ3v) is 5.84. The number of thiophene rings is 1. The highest BCUT2D eigenvalue weighted by Gasteiger charge is 2.32. The number of ether oxygens (including phenoxy) is 1. The van der Waals surface area contributed by atoms with Crippen molar-refractivity contribution >= 4 is 43.4 Å². The van der Waals surface area contributed by atoms with Crippen LogP contribution in [0.2, 0.25) is 5.15 Å². The minimum absolute atomic E-state index is 0.180. The van der Waals surface area contributed by atoms with E-state index in [1.165, 1.54) is 17.5 Å². The number of aromatic nitrogens is 3. The minimum Gasteiger partial charge on any atom is -0.370 e. The molecule has 0 radical (unpaired) electrons. The van der Waals surface area contributed by atoms with Crippen LogP contribution >= 0.6 is 22.9 Å². The lowest BCUT2D eigenvalue weighted by Crippen LogP contribution is -2.32. The molecule has 0 spiro atoms. The summed E-state index contributed by atoms with van der Waals surface area (Å²) in [7, 11) is 0. The van der Waals surface area contributed by atoms with Crippen LogP contribution in [-0.4, -0.2) is 20.6 Å². The van der Waals surface area contributed by atoms with Crippen LogP contribution in [0.15, 0.2) is 6.33 Å². The van der Waals surface area contributed by atoms with Gasteiger partial charge in [-0.1, -0.05) is 25.4 Å². The number of hydrogen-bond donors (Lipinski definition) is 0. The SMILES string of the molecule is CC(C)c1nc2sc3c(Cl)ncnc3c2c2c1COC(C)(C)C2. The Kier molecular flexibility index (Phi) is 3.38. The maximum atomic E-state index is 6.28. The molecule has 0 amide bonds. The highest BCUT2D eigenvalue weighted by Crippen LogP contribution is 2.42. The molecule has 6 heteroatoms. The van der Waals surface area contributed by atoms with Gasteiger partial charge in [0.15, 0.2) is 0 Å². The van der Waals surface area contributed by atoms with Gasteiger partial charge in [0.1, 0.15) is 16.3 Å². The first kappa shape index (κ1) is 15.2. The lowest BCUT2D eigenvalue weighted by molar-refractivity contribution is -0.0402. The lowest BCUT2D eigenvalue weighted by Gasteiger charge is -2.33. The summed E-state index contributed by atoms with van der Waals surface area (Å²) >= 11 is 7.86. The zero-order chi connectivity index (χ0) is 16.4. The van der Waals surface area contributed by atoms with Crippen molar-refractivity contribution in [1.29, 1.82) is 0 Å². The van der Waals surface area contributed by atoms with Gasteiger partial charge in [0.25, 0.3) is 0 Å². The van der Waals surface area contributed by atoms with Crippen molar-refractivity contribution in [3.63, 3.8) is 0 Å². The normalized spacial score (nSPS) is 17.1. The molecule has 0 unspecified atom stereocenters. The van der Waals surface area contributed by atoms with E-state index < -0.39 is 0 Å². The lowest BCUT2D eigenvalue weighted by atomic mass is 9.87. The Balaban J connectivity index is 2.15. The molecule has 23 heavy (non-hydrogen) atoms. The van der Waals surface area contributed by atoms with E-state index in [4.69, 9.17) is 21.3 Å². The van der Waals surface area contributed by atoms with Crippen molar-refractivity contribution in [1.82, 2.24) is 15.0 Å². The Morgan fingerprint density at radius 3 is 2.78 bits per heavy atom. The molecule has 4 heterocycles. The van der Waals surface area contributed by atoms with Crippen LogP contribution < -0.4 is 0 Å². The molecule has 3 aromatic rings. The molecule has 1 aliphatic rings. The third-order valence-electron chi connectivity index (χ3n) is 4.36. The molecule has 3 aromatic heterocycles. The zero-order valence-electron chi connectivity index (χ0n) is 13.6. The van der Waals surface area contributed by atoms with Gasteiger partial charge in [-0.15, -0.1) is 11.3 Å². The first-order valence-corrected chi connectivity index (χ1v) is 8.95. The maximum absolute atomic E-state index is 6.28. The van der Waals surface area contributed by atoms with E-state index in [0.717, 1.165) is 32.5 Å².